The van der Waals surface area contributed by atoms with Crippen LogP contribution < -0.4 is 5.32 Å². The van der Waals surface area contributed by atoms with Gasteiger partial charge in [0.2, 0.25) is 11.8 Å². The van der Waals surface area contributed by atoms with Crippen LogP contribution in [0.25, 0.3) is 16.9 Å². The molecule has 174 valence electrons. The van der Waals surface area contributed by atoms with Gasteiger partial charge in [0.05, 0.1) is 16.9 Å². The van der Waals surface area contributed by atoms with E-state index in [9.17, 15) is 27.6 Å². The maximum absolute atomic E-state index is 12.9. The minimum atomic E-state index is -4.43. The molecule has 1 N–H and O–H groups in total. The number of hydrogen-bond donors (Lipinski definition) is 1. The van der Waals surface area contributed by atoms with Gasteiger partial charge in [-0.3, -0.25) is 19.7 Å². The molecule has 0 aliphatic carbocycles. The van der Waals surface area contributed by atoms with E-state index in [2.05, 4.69) is 15.6 Å². The summed E-state index contributed by atoms with van der Waals surface area (Å²) in [6.07, 6.45) is -3.98. The Labute approximate surface area is 191 Å². The third-order valence-electron chi connectivity index (χ3n) is 6.13. The van der Waals surface area contributed by atoms with E-state index in [0.29, 0.717) is 28.2 Å². The van der Waals surface area contributed by atoms with E-state index in [0.717, 1.165) is 17.7 Å². The highest BCUT2D eigenvalue weighted by Crippen LogP contribution is 2.33. The van der Waals surface area contributed by atoms with Crippen LogP contribution in [0.15, 0.2) is 42.5 Å². The summed E-state index contributed by atoms with van der Waals surface area (Å²) in [5.74, 6) is -1.10. The fraction of sp³-hybridized carbons (Fsp3) is 0.261. The number of hydrogen-bond acceptors (Lipinski definition) is 5. The lowest BCUT2D eigenvalue weighted by atomic mass is 10.0. The average molecular weight is 469 g/mol. The minimum Gasteiger partial charge on any atom is -0.322 e. The zero-order valence-corrected chi connectivity index (χ0v) is 17.9. The summed E-state index contributed by atoms with van der Waals surface area (Å²) in [6, 6.07) is 9.10. The summed E-state index contributed by atoms with van der Waals surface area (Å²) in [5.41, 5.74) is 2.70. The van der Waals surface area contributed by atoms with E-state index in [-0.39, 0.29) is 31.2 Å². The van der Waals surface area contributed by atoms with Crippen LogP contribution in [0.2, 0.25) is 0 Å². The van der Waals surface area contributed by atoms with E-state index in [1.54, 1.807) is 25.1 Å². The number of nitrogens with zero attached hydrogens (tertiary/aromatic N) is 4. The first-order valence-electron chi connectivity index (χ1n) is 10.5. The number of piperidine rings is 1. The second-order valence-electron chi connectivity index (χ2n) is 8.25. The summed E-state index contributed by atoms with van der Waals surface area (Å²) >= 11 is 0. The van der Waals surface area contributed by atoms with Crippen molar-refractivity contribution in [2.45, 2.75) is 38.5 Å². The van der Waals surface area contributed by atoms with Gasteiger partial charge in [-0.15, -0.1) is 5.10 Å². The zero-order valence-electron chi connectivity index (χ0n) is 17.9. The number of benzene rings is 2. The first kappa shape index (κ1) is 21.8. The standard InChI is InChI=1S/C23H18F3N5O3/c1-12-20(28-29-31(12)16-5-3-15(4-6-16)23(24,25)26)13-2-7-17-14(10-13)11-30(22(17)34)18-8-9-19(32)27-21(18)33/h2-7,10,18H,8-9,11H2,1H3,(H,27,32,33). The average Bonchev–Trinajstić information content (AvgIpc) is 3.33. The first-order chi connectivity index (χ1) is 16.1. The molecule has 1 fully saturated rings. The molecule has 34 heavy (non-hydrogen) atoms. The van der Waals surface area contributed by atoms with Crippen LogP contribution in [0.5, 0.6) is 0 Å². The Hall–Kier alpha value is -4.02. The molecule has 1 unspecified atom stereocenters. The molecular weight excluding hydrogens is 451 g/mol. The molecule has 3 aromatic rings. The molecule has 8 nitrogen and oxygen atoms in total. The summed E-state index contributed by atoms with van der Waals surface area (Å²) in [4.78, 5) is 38.0. The van der Waals surface area contributed by atoms with Gasteiger partial charge in [0.1, 0.15) is 11.7 Å². The molecule has 5 rings (SSSR count). The molecule has 2 aliphatic rings. The summed E-state index contributed by atoms with van der Waals surface area (Å²) in [6.45, 7) is 1.97. The van der Waals surface area contributed by atoms with Gasteiger partial charge in [-0.05, 0) is 55.3 Å². The van der Waals surface area contributed by atoms with Crippen molar-refractivity contribution in [2.75, 3.05) is 0 Å². The Morgan fingerprint density at radius 3 is 2.47 bits per heavy atom. The van der Waals surface area contributed by atoms with Crippen molar-refractivity contribution < 1.29 is 27.6 Å². The molecule has 3 heterocycles. The van der Waals surface area contributed by atoms with Crippen molar-refractivity contribution in [1.29, 1.82) is 0 Å². The quantitative estimate of drug-likeness (QED) is 0.595. The monoisotopic (exact) mass is 469 g/mol. The van der Waals surface area contributed by atoms with E-state index >= 15 is 0 Å². The van der Waals surface area contributed by atoms with Crippen LogP contribution >= 0.6 is 0 Å². The molecule has 1 atom stereocenters. The Bertz CT molecular complexity index is 1330. The van der Waals surface area contributed by atoms with Gasteiger partial charge in [0.15, 0.2) is 0 Å². The van der Waals surface area contributed by atoms with Crippen LogP contribution in [-0.4, -0.2) is 43.7 Å². The third kappa shape index (κ3) is 3.62. The van der Waals surface area contributed by atoms with Crippen molar-refractivity contribution in [3.63, 3.8) is 0 Å². The van der Waals surface area contributed by atoms with Gasteiger partial charge < -0.3 is 4.90 Å². The molecule has 1 saturated heterocycles. The Morgan fingerprint density at radius 2 is 1.79 bits per heavy atom. The van der Waals surface area contributed by atoms with Crippen LogP contribution in [0.1, 0.15) is 40.0 Å². The lowest BCUT2D eigenvalue weighted by molar-refractivity contribution is -0.138. The van der Waals surface area contributed by atoms with Crippen LogP contribution in [0.3, 0.4) is 0 Å². The van der Waals surface area contributed by atoms with Crippen molar-refractivity contribution >= 4 is 17.7 Å². The predicted octanol–water partition coefficient (Wildman–Crippen LogP) is 3.02. The van der Waals surface area contributed by atoms with Gasteiger partial charge in [-0.1, -0.05) is 11.3 Å². The van der Waals surface area contributed by atoms with E-state index in [1.807, 2.05) is 0 Å². The number of imide groups is 1. The molecule has 0 radical (unpaired) electrons. The number of carbonyl (C=O) groups is 3. The molecule has 2 aromatic carbocycles. The molecule has 0 bridgehead atoms. The fourth-order valence-corrected chi connectivity index (χ4v) is 4.35. The Balaban J connectivity index is 1.41. The lowest BCUT2D eigenvalue weighted by Crippen LogP contribution is -2.52. The van der Waals surface area contributed by atoms with E-state index in [1.165, 1.54) is 21.7 Å². The number of aromatic nitrogens is 3. The fourth-order valence-electron chi connectivity index (χ4n) is 4.35. The maximum Gasteiger partial charge on any atom is 0.416 e. The molecule has 1 aromatic heterocycles. The molecule has 3 amide bonds. The number of fused-ring (bicyclic) bond motifs is 1. The molecule has 0 saturated carbocycles. The van der Waals surface area contributed by atoms with Gasteiger partial charge in [-0.2, -0.15) is 13.2 Å². The van der Waals surface area contributed by atoms with E-state index in [4.69, 9.17) is 0 Å². The second kappa shape index (κ2) is 7.79. The summed E-state index contributed by atoms with van der Waals surface area (Å²) < 4.78 is 40.0. The van der Waals surface area contributed by atoms with Crippen molar-refractivity contribution in [3.8, 4) is 16.9 Å². The van der Waals surface area contributed by atoms with Crippen LogP contribution in [-0.2, 0) is 22.3 Å². The number of amides is 3. The molecule has 0 spiro atoms. The number of carbonyl (C=O) groups excluding carboxylic acids is 3. The highest BCUT2D eigenvalue weighted by atomic mass is 19.4. The largest absolute Gasteiger partial charge is 0.416 e. The molecule has 11 heteroatoms. The predicted molar refractivity (Wildman–Crippen MR) is 113 cm³/mol. The number of halogens is 3. The first-order valence-corrected chi connectivity index (χ1v) is 10.5. The highest BCUT2D eigenvalue weighted by Gasteiger charge is 2.39. The van der Waals surface area contributed by atoms with Crippen LogP contribution in [0, 0.1) is 6.92 Å². The summed E-state index contributed by atoms with van der Waals surface area (Å²) in [5, 5.41) is 10.6. The van der Waals surface area contributed by atoms with Gasteiger partial charge in [0, 0.05) is 24.1 Å². The lowest BCUT2D eigenvalue weighted by Gasteiger charge is -2.29. The summed E-state index contributed by atoms with van der Waals surface area (Å²) in [7, 11) is 0. The number of rotatable bonds is 3. The van der Waals surface area contributed by atoms with Gasteiger partial charge in [0.25, 0.3) is 5.91 Å². The normalized spacial score (nSPS) is 18.3. The van der Waals surface area contributed by atoms with Crippen LogP contribution in [0.4, 0.5) is 13.2 Å². The number of nitrogens with one attached hydrogen (secondary N) is 1. The Morgan fingerprint density at radius 1 is 1.06 bits per heavy atom. The zero-order chi connectivity index (χ0) is 24.2. The topological polar surface area (TPSA) is 97.2 Å². The van der Waals surface area contributed by atoms with E-state index < -0.39 is 23.7 Å². The molecule has 2 aliphatic heterocycles. The number of alkyl halides is 3. The highest BCUT2D eigenvalue weighted by molar-refractivity contribution is 6.05. The SMILES string of the molecule is Cc1c(-c2ccc3c(c2)CN(C2CCC(=O)NC2=O)C3=O)nnn1-c1ccc(C(F)(F)F)cc1. The van der Waals surface area contributed by atoms with Crippen molar-refractivity contribution in [3.05, 3.63) is 64.8 Å². The van der Waals surface area contributed by atoms with Gasteiger partial charge >= 0.3 is 6.18 Å². The second-order valence-corrected chi connectivity index (χ2v) is 8.25. The maximum atomic E-state index is 12.9. The molecular formula is C23H18F3N5O3. The van der Waals surface area contributed by atoms with Crippen molar-refractivity contribution in [1.82, 2.24) is 25.2 Å². The smallest absolute Gasteiger partial charge is 0.322 e. The van der Waals surface area contributed by atoms with Crippen molar-refractivity contribution in [2.24, 2.45) is 0 Å². The third-order valence-corrected chi connectivity index (χ3v) is 6.13. The Kier molecular flexibility index (Phi) is 4.99. The minimum absolute atomic E-state index is 0.175. The van der Waals surface area contributed by atoms with Gasteiger partial charge in [-0.25, -0.2) is 4.68 Å².